The highest BCUT2D eigenvalue weighted by Gasteiger charge is 2.06. The third-order valence-corrected chi connectivity index (χ3v) is 3.07. The molecule has 0 unspecified atom stereocenters. The van der Waals surface area contributed by atoms with Crippen molar-refractivity contribution in [3.8, 4) is 5.75 Å². The molecule has 0 fully saturated rings. The molecule has 0 aromatic heterocycles. The van der Waals surface area contributed by atoms with Crippen LogP contribution in [0.5, 0.6) is 5.75 Å². The van der Waals surface area contributed by atoms with E-state index < -0.39 is 0 Å². The second-order valence-electron chi connectivity index (χ2n) is 5.12. The van der Waals surface area contributed by atoms with E-state index in [-0.39, 0.29) is 0 Å². The van der Waals surface area contributed by atoms with Gasteiger partial charge >= 0.3 is 0 Å². The predicted octanol–water partition coefficient (Wildman–Crippen LogP) is 2.54. The van der Waals surface area contributed by atoms with E-state index in [2.05, 4.69) is 37.2 Å². The summed E-state index contributed by atoms with van der Waals surface area (Å²) in [6, 6.07) is 8.09. The van der Waals surface area contributed by atoms with Crippen LogP contribution in [0.2, 0.25) is 0 Å². The molecular formula is C16H28N2O2. The van der Waals surface area contributed by atoms with E-state index >= 15 is 0 Å². The highest BCUT2D eigenvalue weighted by molar-refractivity contribution is 5.57. The summed E-state index contributed by atoms with van der Waals surface area (Å²) in [5.74, 6) is 0.917. The van der Waals surface area contributed by atoms with Gasteiger partial charge in [-0.25, -0.2) is 0 Å². The maximum atomic E-state index is 5.50. The van der Waals surface area contributed by atoms with Gasteiger partial charge in [0.15, 0.2) is 0 Å². The Balaban J connectivity index is 2.18. The van der Waals surface area contributed by atoms with E-state index in [0.29, 0.717) is 6.10 Å². The van der Waals surface area contributed by atoms with E-state index in [1.165, 1.54) is 0 Å². The topological polar surface area (TPSA) is 33.7 Å². The fraction of sp³-hybridized carbons (Fsp3) is 0.625. The summed E-state index contributed by atoms with van der Waals surface area (Å²) in [5.41, 5.74) is 1.12. The number of nitrogens with one attached hydrogen (secondary N) is 1. The van der Waals surface area contributed by atoms with Crippen LogP contribution in [0, 0.1) is 0 Å². The lowest BCUT2D eigenvalue weighted by Crippen LogP contribution is -2.30. The number of likely N-dealkylation sites (N-methyl/N-ethyl adjacent to an activating group) is 1. The van der Waals surface area contributed by atoms with Crippen LogP contribution >= 0.6 is 0 Å². The molecular weight excluding hydrogens is 252 g/mol. The van der Waals surface area contributed by atoms with Gasteiger partial charge in [0.1, 0.15) is 5.75 Å². The minimum atomic E-state index is 0.326. The summed E-state index contributed by atoms with van der Waals surface area (Å²) in [5, 5.41) is 3.43. The van der Waals surface area contributed by atoms with Crippen molar-refractivity contribution in [3.05, 3.63) is 24.3 Å². The Hall–Kier alpha value is -1.26. The molecule has 0 aliphatic rings. The number of hydrogen-bond acceptors (Lipinski definition) is 4. The van der Waals surface area contributed by atoms with Gasteiger partial charge in [0, 0.05) is 26.7 Å². The summed E-state index contributed by atoms with van der Waals surface area (Å²) in [7, 11) is 3.79. The lowest BCUT2D eigenvalue weighted by molar-refractivity contribution is 0.0771. The second-order valence-corrected chi connectivity index (χ2v) is 5.12. The van der Waals surface area contributed by atoms with Crippen LogP contribution in [-0.2, 0) is 4.74 Å². The average Bonchev–Trinajstić information content (AvgIpc) is 2.45. The SMILES string of the molecule is COc1ccccc1N(C)CCNCCCOC(C)C. The maximum absolute atomic E-state index is 5.50. The van der Waals surface area contributed by atoms with E-state index in [4.69, 9.17) is 9.47 Å². The number of rotatable bonds is 10. The van der Waals surface area contributed by atoms with Gasteiger partial charge in [0.25, 0.3) is 0 Å². The van der Waals surface area contributed by atoms with E-state index in [9.17, 15) is 0 Å². The Morgan fingerprint density at radius 2 is 1.95 bits per heavy atom. The second kappa shape index (κ2) is 9.61. The molecule has 0 spiro atoms. The number of nitrogens with zero attached hydrogens (tertiary/aromatic N) is 1. The molecule has 1 aromatic carbocycles. The first-order valence-corrected chi connectivity index (χ1v) is 7.31. The van der Waals surface area contributed by atoms with Crippen molar-refractivity contribution in [1.82, 2.24) is 5.32 Å². The highest BCUT2D eigenvalue weighted by atomic mass is 16.5. The van der Waals surface area contributed by atoms with Crippen molar-refractivity contribution in [2.45, 2.75) is 26.4 Å². The van der Waals surface area contributed by atoms with E-state index in [1.54, 1.807) is 7.11 Å². The molecule has 1 rings (SSSR count). The number of para-hydroxylation sites is 2. The molecule has 0 aliphatic carbocycles. The van der Waals surface area contributed by atoms with Crippen LogP contribution in [0.1, 0.15) is 20.3 Å². The molecule has 4 heteroatoms. The van der Waals surface area contributed by atoms with Crippen molar-refractivity contribution in [2.24, 2.45) is 0 Å². The van der Waals surface area contributed by atoms with Crippen LogP contribution in [0.15, 0.2) is 24.3 Å². The molecule has 0 saturated carbocycles. The summed E-state index contributed by atoms with van der Waals surface area (Å²) >= 11 is 0. The van der Waals surface area contributed by atoms with Crippen LogP contribution in [0.4, 0.5) is 5.69 Å². The summed E-state index contributed by atoms with van der Waals surface area (Å²) < 4.78 is 10.9. The van der Waals surface area contributed by atoms with Crippen molar-refractivity contribution >= 4 is 5.69 Å². The van der Waals surface area contributed by atoms with E-state index in [0.717, 1.165) is 44.1 Å². The van der Waals surface area contributed by atoms with E-state index in [1.807, 2.05) is 18.2 Å². The first kappa shape index (κ1) is 16.8. The first-order valence-electron chi connectivity index (χ1n) is 7.31. The zero-order chi connectivity index (χ0) is 14.8. The molecule has 0 aliphatic heterocycles. The van der Waals surface area contributed by atoms with Gasteiger partial charge in [-0.3, -0.25) is 0 Å². The lowest BCUT2D eigenvalue weighted by Gasteiger charge is -2.21. The molecule has 1 N–H and O–H groups in total. The van der Waals surface area contributed by atoms with Crippen molar-refractivity contribution in [2.75, 3.05) is 45.3 Å². The van der Waals surface area contributed by atoms with Gasteiger partial charge in [-0.15, -0.1) is 0 Å². The minimum absolute atomic E-state index is 0.326. The Morgan fingerprint density at radius 3 is 2.65 bits per heavy atom. The molecule has 1 aromatic rings. The summed E-state index contributed by atoms with van der Waals surface area (Å²) in [4.78, 5) is 2.20. The normalized spacial score (nSPS) is 10.8. The van der Waals surface area contributed by atoms with Gasteiger partial charge < -0.3 is 19.7 Å². The number of ether oxygens (including phenoxy) is 2. The van der Waals surface area contributed by atoms with Crippen molar-refractivity contribution in [3.63, 3.8) is 0 Å². The van der Waals surface area contributed by atoms with Crippen molar-refractivity contribution < 1.29 is 9.47 Å². The molecule has 4 nitrogen and oxygen atoms in total. The Labute approximate surface area is 123 Å². The summed E-state index contributed by atoms with van der Waals surface area (Å²) in [6.45, 7) is 7.85. The van der Waals surface area contributed by atoms with Gasteiger partial charge in [-0.05, 0) is 38.9 Å². The van der Waals surface area contributed by atoms with Gasteiger partial charge in [-0.1, -0.05) is 12.1 Å². The largest absolute Gasteiger partial charge is 0.495 e. The quantitative estimate of drug-likeness (QED) is 0.668. The molecule has 114 valence electrons. The fourth-order valence-electron chi connectivity index (χ4n) is 1.95. The molecule has 0 saturated heterocycles. The molecule has 0 amide bonds. The Kier molecular flexibility index (Phi) is 8.07. The number of methoxy groups -OCH3 is 1. The molecule has 0 bridgehead atoms. The Bertz CT molecular complexity index is 369. The lowest BCUT2D eigenvalue weighted by atomic mass is 10.2. The number of anilines is 1. The first-order chi connectivity index (χ1) is 9.65. The predicted molar refractivity (Wildman–Crippen MR) is 84.8 cm³/mol. The molecule has 0 atom stereocenters. The van der Waals surface area contributed by atoms with Crippen LogP contribution in [0.25, 0.3) is 0 Å². The Morgan fingerprint density at radius 1 is 1.20 bits per heavy atom. The average molecular weight is 280 g/mol. The highest BCUT2D eigenvalue weighted by Crippen LogP contribution is 2.25. The standard InChI is InChI=1S/C16H28N2O2/c1-14(2)20-13-7-10-17-11-12-18(3)15-8-5-6-9-16(15)19-4/h5-6,8-9,14,17H,7,10-13H2,1-4H3. The van der Waals surface area contributed by atoms with Crippen molar-refractivity contribution in [1.29, 1.82) is 0 Å². The van der Waals surface area contributed by atoms with Gasteiger partial charge in [0.05, 0.1) is 18.9 Å². The van der Waals surface area contributed by atoms with Gasteiger partial charge in [0.2, 0.25) is 0 Å². The maximum Gasteiger partial charge on any atom is 0.142 e. The molecule has 20 heavy (non-hydrogen) atoms. The van der Waals surface area contributed by atoms with Crippen LogP contribution in [0.3, 0.4) is 0 Å². The smallest absolute Gasteiger partial charge is 0.142 e. The zero-order valence-electron chi connectivity index (χ0n) is 13.2. The minimum Gasteiger partial charge on any atom is -0.495 e. The number of benzene rings is 1. The zero-order valence-corrected chi connectivity index (χ0v) is 13.2. The van der Waals surface area contributed by atoms with Crippen LogP contribution in [-0.4, -0.2) is 46.5 Å². The monoisotopic (exact) mass is 280 g/mol. The number of hydrogen-bond donors (Lipinski definition) is 1. The van der Waals surface area contributed by atoms with Gasteiger partial charge in [-0.2, -0.15) is 0 Å². The third-order valence-electron chi connectivity index (χ3n) is 3.07. The molecule has 0 radical (unpaired) electrons. The molecule has 0 heterocycles. The fourth-order valence-corrected chi connectivity index (χ4v) is 1.95. The third kappa shape index (κ3) is 6.26. The van der Waals surface area contributed by atoms with Crippen LogP contribution < -0.4 is 15.0 Å². The summed E-state index contributed by atoms with van der Waals surface area (Å²) in [6.07, 6.45) is 1.38.